The van der Waals surface area contributed by atoms with E-state index in [1.165, 1.54) is 0 Å². The van der Waals surface area contributed by atoms with Crippen molar-refractivity contribution in [2.75, 3.05) is 0 Å². The smallest absolute Gasteiger partial charge is 0.147 e. The van der Waals surface area contributed by atoms with Crippen LogP contribution in [0.5, 0.6) is 0 Å². The molecule has 0 aliphatic heterocycles. The van der Waals surface area contributed by atoms with Crippen LogP contribution in [0.25, 0.3) is 0 Å². The molecule has 2 aromatic rings. The lowest BCUT2D eigenvalue weighted by Gasteiger charge is -2.04. The molecule has 1 aromatic heterocycles. The molecule has 0 aliphatic carbocycles. The summed E-state index contributed by atoms with van der Waals surface area (Å²) in [6.07, 6.45) is 0. The number of nitrogens with zero attached hydrogens (tertiary/aromatic N) is 2. The molecule has 1 heterocycles. The maximum Gasteiger partial charge on any atom is 0.147 e. The van der Waals surface area contributed by atoms with Crippen LogP contribution in [0.1, 0.15) is 5.82 Å². The van der Waals surface area contributed by atoms with Crippen molar-refractivity contribution >= 4 is 69.2 Å². The Kier molecular flexibility index (Phi) is 5.38. The van der Waals surface area contributed by atoms with Crippen LogP contribution < -0.4 is 0 Å². The minimum Gasteiger partial charge on any atom is -0.219 e. The number of hydrogen-bond donors (Lipinski definition) is 0. The van der Waals surface area contributed by atoms with Crippen LogP contribution in [-0.4, -0.2) is 9.97 Å². The van der Waals surface area contributed by atoms with E-state index < -0.39 is 0 Å². The van der Waals surface area contributed by atoms with Crippen molar-refractivity contribution < 1.29 is 0 Å². The van der Waals surface area contributed by atoms with Gasteiger partial charge in [0.15, 0.2) is 0 Å². The van der Waals surface area contributed by atoms with Gasteiger partial charge in [-0.25, -0.2) is 9.97 Å². The van der Waals surface area contributed by atoms with Crippen molar-refractivity contribution in [3.05, 3.63) is 49.0 Å². The lowest BCUT2D eigenvalue weighted by molar-refractivity contribution is 1.02. The monoisotopic (exact) mass is 430 g/mol. The molecule has 2 rings (SSSR count). The predicted molar refractivity (Wildman–Crippen MR) is 85.8 cm³/mol. The van der Waals surface area contributed by atoms with Gasteiger partial charge in [-0.3, -0.25) is 0 Å². The van der Waals surface area contributed by atoms with Crippen LogP contribution in [0.2, 0.25) is 15.3 Å². The first-order chi connectivity index (χ1) is 8.56. The first kappa shape index (κ1) is 14.7. The molecule has 0 aliphatic rings. The highest BCUT2D eigenvalue weighted by Crippen LogP contribution is 2.27. The van der Waals surface area contributed by atoms with Gasteiger partial charge in [-0.1, -0.05) is 40.9 Å². The number of rotatable bonds is 3. The van der Waals surface area contributed by atoms with E-state index in [9.17, 15) is 0 Å². The second-order valence-electron chi connectivity index (χ2n) is 3.28. The summed E-state index contributed by atoms with van der Waals surface area (Å²) in [6, 6.07) is 7.61. The van der Waals surface area contributed by atoms with Gasteiger partial charge in [-0.05, 0) is 40.8 Å². The molecule has 94 valence electrons. The largest absolute Gasteiger partial charge is 0.219 e. The lowest BCUT2D eigenvalue weighted by Crippen LogP contribution is -1.96. The maximum absolute atomic E-state index is 5.95. The molecule has 0 fully saturated rings. The second kappa shape index (κ2) is 6.61. The van der Waals surface area contributed by atoms with E-state index in [2.05, 4.69) is 9.97 Å². The molecule has 0 amide bonds. The van der Waals surface area contributed by atoms with Crippen LogP contribution in [0.3, 0.4) is 0 Å². The van der Waals surface area contributed by atoms with Gasteiger partial charge in [0.2, 0.25) is 0 Å². The van der Waals surface area contributed by atoms with E-state index in [0.29, 0.717) is 30.5 Å². The van der Waals surface area contributed by atoms with Crippen LogP contribution in [-0.2, 0) is 5.75 Å². The highest BCUT2D eigenvalue weighted by molar-refractivity contribution is 14.1. The van der Waals surface area contributed by atoms with E-state index in [1.807, 2.05) is 46.9 Å². The van der Waals surface area contributed by atoms with Crippen molar-refractivity contribution in [3.63, 3.8) is 0 Å². The summed E-state index contributed by atoms with van der Waals surface area (Å²) in [6.45, 7) is 0. The van der Waals surface area contributed by atoms with E-state index in [0.717, 1.165) is 4.90 Å². The number of halogens is 4. The van der Waals surface area contributed by atoms with E-state index >= 15 is 0 Å². The van der Waals surface area contributed by atoms with Crippen LogP contribution in [0.15, 0.2) is 29.2 Å². The van der Waals surface area contributed by atoms with Crippen LogP contribution in [0, 0.1) is 3.57 Å². The summed E-state index contributed by atoms with van der Waals surface area (Å²) in [5.74, 6) is 1.20. The quantitative estimate of drug-likeness (QED) is 0.373. The Labute approximate surface area is 138 Å². The van der Waals surface area contributed by atoms with Gasteiger partial charge in [0.05, 0.1) is 9.32 Å². The first-order valence-electron chi connectivity index (χ1n) is 4.82. The van der Waals surface area contributed by atoms with Gasteiger partial charge in [-0.2, -0.15) is 0 Å². The Hall–Kier alpha value is 0.250. The molecule has 0 bridgehead atoms. The molecule has 0 unspecified atom stereocenters. The third-order valence-electron chi connectivity index (χ3n) is 1.98. The Morgan fingerprint density at radius 1 is 1.11 bits per heavy atom. The third-order valence-corrected chi connectivity index (χ3v) is 5.41. The van der Waals surface area contributed by atoms with Crippen molar-refractivity contribution in [3.8, 4) is 0 Å². The standard InChI is InChI=1S/C11H6Cl3IN2S/c12-6-2-1-3-7(4-6)18-5-8-16-10(13)9(15)11(14)17-8/h1-4H,5H2. The summed E-state index contributed by atoms with van der Waals surface area (Å²) < 4.78 is 0.674. The molecule has 2 nitrogen and oxygen atoms in total. The molecule has 18 heavy (non-hydrogen) atoms. The average Bonchev–Trinajstić information content (AvgIpc) is 2.33. The molecule has 0 atom stereocenters. The van der Waals surface area contributed by atoms with Crippen LogP contribution in [0.4, 0.5) is 0 Å². The van der Waals surface area contributed by atoms with Crippen LogP contribution >= 0.6 is 69.2 Å². The summed E-state index contributed by atoms with van der Waals surface area (Å²) in [5, 5.41) is 1.48. The number of benzene rings is 1. The molecule has 0 spiro atoms. The predicted octanol–water partition coefficient (Wildman–Crippen LogP) is 5.33. The minimum absolute atomic E-state index is 0.386. The summed E-state index contributed by atoms with van der Waals surface area (Å²) in [7, 11) is 0. The van der Waals surface area contributed by atoms with Crippen molar-refractivity contribution in [2.24, 2.45) is 0 Å². The minimum atomic E-state index is 0.386. The number of aromatic nitrogens is 2. The summed E-state index contributed by atoms with van der Waals surface area (Å²) in [5.41, 5.74) is 0. The van der Waals surface area contributed by atoms with Crippen molar-refractivity contribution in [1.82, 2.24) is 9.97 Å². The third kappa shape index (κ3) is 3.87. The highest BCUT2D eigenvalue weighted by atomic mass is 127. The lowest BCUT2D eigenvalue weighted by atomic mass is 10.4. The number of thioether (sulfide) groups is 1. The Balaban J connectivity index is 2.11. The summed E-state index contributed by atoms with van der Waals surface area (Å²) >= 11 is 21.4. The summed E-state index contributed by atoms with van der Waals surface area (Å²) in [4.78, 5) is 9.41. The number of hydrogen-bond acceptors (Lipinski definition) is 3. The average molecular weight is 432 g/mol. The van der Waals surface area contributed by atoms with E-state index in [1.54, 1.807) is 11.8 Å². The van der Waals surface area contributed by atoms with Gasteiger partial charge in [0.1, 0.15) is 16.1 Å². The van der Waals surface area contributed by atoms with Gasteiger partial charge in [-0.15, -0.1) is 11.8 Å². The fraction of sp³-hybridized carbons (Fsp3) is 0.0909. The SMILES string of the molecule is Clc1cccc(SCc2nc(Cl)c(I)c(Cl)n2)c1. The maximum atomic E-state index is 5.95. The Bertz CT molecular complexity index is 557. The molecular formula is C11H6Cl3IN2S. The first-order valence-corrected chi connectivity index (χ1v) is 8.02. The fourth-order valence-corrected chi connectivity index (χ4v) is 2.93. The normalized spacial score (nSPS) is 10.7. The van der Waals surface area contributed by atoms with Crippen molar-refractivity contribution in [1.29, 1.82) is 0 Å². The highest BCUT2D eigenvalue weighted by Gasteiger charge is 2.09. The molecule has 0 N–H and O–H groups in total. The molecular weight excluding hydrogens is 425 g/mol. The van der Waals surface area contributed by atoms with E-state index in [4.69, 9.17) is 34.8 Å². The molecule has 0 saturated carbocycles. The molecule has 0 saturated heterocycles. The van der Waals surface area contributed by atoms with Gasteiger partial charge >= 0.3 is 0 Å². The zero-order valence-electron chi connectivity index (χ0n) is 8.83. The fourth-order valence-electron chi connectivity index (χ4n) is 1.20. The molecule has 1 aromatic carbocycles. The zero-order chi connectivity index (χ0) is 13.1. The van der Waals surface area contributed by atoms with Gasteiger partial charge in [0.25, 0.3) is 0 Å². The van der Waals surface area contributed by atoms with Gasteiger partial charge < -0.3 is 0 Å². The van der Waals surface area contributed by atoms with E-state index in [-0.39, 0.29) is 0 Å². The van der Waals surface area contributed by atoms with Crippen molar-refractivity contribution in [2.45, 2.75) is 10.6 Å². The Morgan fingerprint density at radius 3 is 2.39 bits per heavy atom. The van der Waals surface area contributed by atoms with Gasteiger partial charge in [0, 0.05) is 9.92 Å². The topological polar surface area (TPSA) is 25.8 Å². The molecule has 7 heteroatoms. The zero-order valence-corrected chi connectivity index (χ0v) is 14.1. The second-order valence-corrected chi connectivity index (χ2v) is 6.56. The Morgan fingerprint density at radius 2 is 1.78 bits per heavy atom. The molecule has 0 radical (unpaired) electrons.